The van der Waals surface area contributed by atoms with Gasteiger partial charge in [-0.05, 0) is 24.0 Å². The van der Waals surface area contributed by atoms with E-state index in [2.05, 4.69) is 149 Å². The summed E-state index contributed by atoms with van der Waals surface area (Å²) in [6, 6.07) is 43.8. The van der Waals surface area contributed by atoms with Crippen LogP contribution in [-0.4, -0.2) is 0 Å². The molecule has 220 valence electrons. The topological polar surface area (TPSA) is 0 Å². The van der Waals surface area contributed by atoms with E-state index in [0.717, 1.165) is 6.42 Å². The van der Waals surface area contributed by atoms with E-state index in [-0.39, 0.29) is 50.7 Å². The number of rotatable bonds is 6. The van der Waals surface area contributed by atoms with Crippen LogP contribution in [0, 0.1) is 13.8 Å². The molecule has 0 N–H and O–H groups in total. The van der Waals surface area contributed by atoms with Crippen molar-refractivity contribution in [2.45, 2.75) is 46.0 Å². The van der Waals surface area contributed by atoms with Crippen LogP contribution >= 0.6 is 0 Å². The second kappa shape index (κ2) is 19.7. The number of halogens is 2. The van der Waals surface area contributed by atoms with Crippen LogP contribution in [0.5, 0.6) is 0 Å². The summed E-state index contributed by atoms with van der Waals surface area (Å²) in [5.41, 5.74) is 8.20. The quantitative estimate of drug-likeness (QED) is 0.158. The van der Waals surface area contributed by atoms with Crippen molar-refractivity contribution < 1.29 is 50.7 Å². The van der Waals surface area contributed by atoms with Crippen molar-refractivity contribution in [2.24, 2.45) is 0 Å². The molecule has 6 rings (SSSR count). The van der Waals surface area contributed by atoms with Gasteiger partial charge in [0.25, 0.3) is 0 Å². The van der Waals surface area contributed by atoms with Gasteiger partial charge in [-0.15, -0.1) is 69.1 Å². The summed E-state index contributed by atoms with van der Waals surface area (Å²) in [6.45, 7) is 11.2. The minimum absolute atomic E-state index is 0. The first-order chi connectivity index (χ1) is 19.2. The number of hydrogen-bond acceptors (Lipinski definition) is 0. The fraction of sp³-hybridized carbons (Fsp3) is 0.179. The van der Waals surface area contributed by atoms with Crippen molar-refractivity contribution >= 4 is 21.5 Å². The molecule has 0 aliphatic carbocycles. The Bertz CT molecular complexity index is 1440. The van der Waals surface area contributed by atoms with Gasteiger partial charge in [0.15, 0.2) is 0 Å². The maximum atomic E-state index is 3.38. The van der Waals surface area contributed by atoms with Crippen LogP contribution in [0.1, 0.15) is 44.2 Å². The van der Waals surface area contributed by atoms with Gasteiger partial charge in [-0.2, -0.15) is 12.1 Å². The molecule has 0 saturated carbocycles. The van der Waals surface area contributed by atoms with E-state index in [1.54, 1.807) is 0 Å². The summed E-state index contributed by atoms with van der Waals surface area (Å²) in [4.78, 5) is 0. The first-order valence-corrected chi connectivity index (χ1v) is 14.2. The molecule has 42 heavy (non-hydrogen) atoms. The van der Waals surface area contributed by atoms with Crippen LogP contribution in [0.15, 0.2) is 121 Å². The van der Waals surface area contributed by atoms with Gasteiger partial charge in [0.1, 0.15) is 0 Å². The van der Waals surface area contributed by atoms with E-state index in [9.17, 15) is 0 Å². The molecular weight excluding hydrogens is 718 g/mol. The Labute approximate surface area is 284 Å². The number of benzene rings is 4. The van der Waals surface area contributed by atoms with Crippen LogP contribution < -0.4 is 24.8 Å². The zero-order valence-electron chi connectivity index (χ0n) is 24.8. The molecule has 0 spiro atoms. The standard InChI is InChI=1S/2C18H17.C3H6.2ClH.Hf/c2*1-2-7-14-12-16-10-6-11-17(18(16)13-14)15-8-4-3-5-9-15;1-3-2;;;/h2*3-6,8-13H,2,7H2,1H3;1-3H2;2*1H;/q2*-1;-2;;;/p-2. The third-order valence-corrected chi connectivity index (χ3v) is 6.87. The molecular formula is C39H40Cl2Hf-6. The van der Waals surface area contributed by atoms with E-state index < -0.39 is 0 Å². The summed E-state index contributed by atoms with van der Waals surface area (Å²) in [6.07, 6.45) is 5.50. The van der Waals surface area contributed by atoms with Gasteiger partial charge in [-0.25, -0.2) is 0 Å². The molecule has 0 atom stereocenters. The Kier molecular flexibility index (Phi) is 17.6. The summed E-state index contributed by atoms with van der Waals surface area (Å²) in [5.74, 6) is 0. The summed E-state index contributed by atoms with van der Waals surface area (Å²) >= 11 is 0. The first-order valence-electron chi connectivity index (χ1n) is 14.2. The van der Waals surface area contributed by atoms with E-state index in [4.69, 9.17) is 0 Å². The van der Waals surface area contributed by atoms with Crippen LogP contribution in [0.25, 0.3) is 43.8 Å². The monoisotopic (exact) mass is 758 g/mol. The molecule has 0 heterocycles. The van der Waals surface area contributed by atoms with Crippen molar-refractivity contribution in [3.8, 4) is 22.3 Å². The number of aryl methyl sites for hydroxylation is 2. The number of hydrogen-bond donors (Lipinski definition) is 0. The molecule has 0 aliphatic rings. The van der Waals surface area contributed by atoms with Gasteiger partial charge in [0, 0.05) is 25.8 Å². The van der Waals surface area contributed by atoms with Crippen LogP contribution in [0.3, 0.4) is 0 Å². The maximum Gasteiger partial charge on any atom is 0 e. The fourth-order valence-electron chi connectivity index (χ4n) is 5.20. The molecule has 0 aromatic heterocycles. The molecule has 0 fully saturated rings. The molecule has 0 amide bonds. The van der Waals surface area contributed by atoms with Gasteiger partial charge in [0.2, 0.25) is 0 Å². The Morgan fingerprint density at radius 2 is 0.881 bits per heavy atom. The summed E-state index contributed by atoms with van der Waals surface area (Å²) in [5, 5.41) is 5.49. The molecule has 0 saturated heterocycles. The van der Waals surface area contributed by atoms with E-state index in [1.807, 2.05) is 0 Å². The molecule has 0 unspecified atom stereocenters. The predicted octanol–water partition coefficient (Wildman–Crippen LogP) is 5.41. The van der Waals surface area contributed by atoms with E-state index >= 15 is 0 Å². The molecule has 0 bridgehead atoms. The maximum absolute atomic E-state index is 3.38. The normalized spacial score (nSPS) is 9.81. The average Bonchev–Trinajstić information content (AvgIpc) is 3.58. The van der Waals surface area contributed by atoms with Crippen molar-refractivity contribution in [1.82, 2.24) is 0 Å². The van der Waals surface area contributed by atoms with Crippen molar-refractivity contribution in [3.63, 3.8) is 0 Å². The Morgan fingerprint density at radius 1 is 0.524 bits per heavy atom. The molecule has 3 heteroatoms. The largest absolute Gasteiger partial charge is 1.00 e. The first kappa shape index (κ1) is 37.6. The van der Waals surface area contributed by atoms with Gasteiger partial charge in [0.05, 0.1) is 0 Å². The second-order valence-corrected chi connectivity index (χ2v) is 9.93. The summed E-state index contributed by atoms with van der Waals surface area (Å²) < 4.78 is 0. The summed E-state index contributed by atoms with van der Waals surface area (Å²) in [7, 11) is 0. The van der Waals surface area contributed by atoms with Gasteiger partial charge >= 0.3 is 0 Å². The molecule has 6 aromatic rings. The molecule has 6 aromatic carbocycles. The van der Waals surface area contributed by atoms with E-state index in [1.165, 1.54) is 80.6 Å². The molecule has 0 nitrogen and oxygen atoms in total. The average molecular weight is 758 g/mol. The zero-order chi connectivity index (χ0) is 27.5. The van der Waals surface area contributed by atoms with Gasteiger partial charge in [-0.3, -0.25) is 0 Å². The van der Waals surface area contributed by atoms with Crippen molar-refractivity contribution in [1.29, 1.82) is 0 Å². The van der Waals surface area contributed by atoms with Crippen molar-refractivity contribution in [3.05, 3.63) is 146 Å². The minimum atomic E-state index is 0. The zero-order valence-corrected chi connectivity index (χ0v) is 29.9. The third kappa shape index (κ3) is 9.80. The van der Waals surface area contributed by atoms with Crippen LogP contribution in [0.4, 0.5) is 0 Å². The smallest absolute Gasteiger partial charge is 0 e. The van der Waals surface area contributed by atoms with Crippen LogP contribution in [-0.2, 0) is 38.7 Å². The van der Waals surface area contributed by atoms with Gasteiger partial charge in [-0.1, -0.05) is 111 Å². The van der Waals surface area contributed by atoms with Gasteiger partial charge < -0.3 is 45.1 Å². The molecule has 0 aliphatic heterocycles. The third-order valence-electron chi connectivity index (χ3n) is 6.87. The number of fused-ring (bicyclic) bond motifs is 2. The Balaban J connectivity index is 0.000000361. The Morgan fingerprint density at radius 3 is 1.21 bits per heavy atom. The predicted molar refractivity (Wildman–Crippen MR) is 173 cm³/mol. The minimum Gasteiger partial charge on any atom is -1.00 e. The van der Waals surface area contributed by atoms with Crippen LogP contribution in [0.2, 0.25) is 0 Å². The Hall–Kier alpha value is -2.45. The SMILES string of the molecule is CCCc1cc2c(-c3ccccc3)cccc2[cH-]1.CCCc1cc2c(-c3ccccc3)cccc2[cH-]1.[CH2-]C[CH2-].[Cl-].[Cl-].[Hf]. The van der Waals surface area contributed by atoms with E-state index in [0.29, 0.717) is 0 Å². The van der Waals surface area contributed by atoms with Crippen molar-refractivity contribution in [2.75, 3.05) is 0 Å². The fourth-order valence-corrected chi connectivity index (χ4v) is 5.20. The molecule has 0 radical (unpaired) electrons. The second-order valence-electron chi connectivity index (χ2n) is 9.93.